The highest BCUT2D eigenvalue weighted by molar-refractivity contribution is 5.80. The Kier molecular flexibility index (Phi) is 5.52. The number of aliphatic carboxylic acids is 1. The monoisotopic (exact) mass is 283 g/mol. The van der Waals surface area contributed by atoms with E-state index in [1.165, 1.54) is 12.1 Å². The van der Waals surface area contributed by atoms with E-state index >= 15 is 0 Å². The van der Waals surface area contributed by atoms with Crippen molar-refractivity contribution in [3.05, 3.63) is 42.2 Å². The topological polar surface area (TPSA) is 95.9 Å². The predicted molar refractivity (Wildman–Crippen MR) is 67.9 cm³/mol. The number of amides is 1. The molecule has 0 aromatic heterocycles. The summed E-state index contributed by atoms with van der Waals surface area (Å²) in [5, 5.41) is 20.2. The number of hydrogen-bond acceptors (Lipinski definition) is 4. The number of nitrogens with one attached hydrogen (secondary N) is 1. The fraction of sp³-hybridized carbons (Fsp3) is 0.231. The van der Waals surface area contributed by atoms with Crippen LogP contribution in [0.3, 0.4) is 0 Å². The molecule has 1 rings (SSSR count). The van der Waals surface area contributed by atoms with E-state index in [0.29, 0.717) is 5.56 Å². The second kappa shape index (κ2) is 7.13. The minimum absolute atomic E-state index is 0.0496. The van der Waals surface area contributed by atoms with Gasteiger partial charge in [0.05, 0.1) is 0 Å². The first kappa shape index (κ1) is 15.5. The first-order valence-electron chi connectivity index (χ1n) is 5.68. The molecule has 1 aromatic rings. The summed E-state index contributed by atoms with van der Waals surface area (Å²) < 4.78 is 17.7. The zero-order valence-electron chi connectivity index (χ0n) is 10.5. The average molecular weight is 283 g/mol. The minimum atomic E-state index is -1.28. The molecule has 0 saturated carbocycles. The van der Waals surface area contributed by atoms with E-state index in [9.17, 15) is 14.0 Å². The standard InChI is InChI=1S/C13H14FNO5/c1-2-5-20-13(19)15-10(12(17)18)7-8-3-4-11(16)9(14)6-8/h2-4,6,10,16H,1,5,7H2,(H,15,19)(H,17,18). The lowest BCUT2D eigenvalue weighted by Gasteiger charge is -2.14. The number of aromatic hydroxyl groups is 1. The number of halogens is 1. The maximum atomic E-state index is 13.1. The summed E-state index contributed by atoms with van der Waals surface area (Å²) in [7, 11) is 0. The molecule has 0 bridgehead atoms. The van der Waals surface area contributed by atoms with Crippen molar-refractivity contribution in [2.45, 2.75) is 12.5 Å². The smallest absolute Gasteiger partial charge is 0.408 e. The Bertz CT molecular complexity index is 517. The SMILES string of the molecule is C=CCOC(=O)NC(Cc1ccc(O)c(F)c1)C(=O)O. The van der Waals surface area contributed by atoms with Gasteiger partial charge in [-0.25, -0.2) is 14.0 Å². The maximum Gasteiger partial charge on any atom is 0.408 e. The quantitative estimate of drug-likeness (QED) is 0.686. The van der Waals surface area contributed by atoms with Gasteiger partial charge in [0.15, 0.2) is 11.6 Å². The molecule has 0 fully saturated rings. The zero-order valence-corrected chi connectivity index (χ0v) is 10.5. The number of carboxylic acids is 1. The van der Waals surface area contributed by atoms with Crippen LogP contribution in [-0.4, -0.2) is 34.9 Å². The predicted octanol–water partition coefficient (Wildman–Crippen LogP) is 1.44. The fourth-order valence-electron chi connectivity index (χ4n) is 1.43. The van der Waals surface area contributed by atoms with Crippen LogP contribution in [-0.2, 0) is 16.0 Å². The van der Waals surface area contributed by atoms with E-state index in [1.807, 2.05) is 0 Å². The number of hydrogen-bond donors (Lipinski definition) is 3. The van der Waals surface area contributed by atoms with Gasteiger partial charge in [-0.3, -0.25) is 0 Å². The van der Waals surface area contributed by atoms with Crippen LogP contribution in [0.5, 0.6) is 5.75 Å². The van der Waals surface area contributed by atoms with Gasteiger partial charge < -0.3 is 20.3 Å². The Labute approximate surface area is 114 Å². The van der Waals surface area contributed by atoms with E-state index < -0.39 is 29.7 Å². The molecular formula is C13H14FNO5. The van der Waals surface area contributed by atoms with Crippen LogP contribution >= 0.6 is 0 Å². The molecule has 0 aliphatic carbocycles. The van der Waals surface area contributed by atoms with Crippen LogP contribution < -0.4 is 5.32 Å². The van der Waals surface area contributed by atoms with Gasteiger partial charge in [0.1, 0.15) is 12.6 Å². The summed E-state index contributed by atoms with van der Waals surface area (Å²) in [4.78, 5) is 22.3. The summed E-state index contributed by atoms with van der Waals surface area (Å²) >= 11 is 0. The van der Waals surface area contributed by atoms with Crippen molar-refractivity contribution in [3.8, 4) is 5.75 Å². The molecule has 1 unspecified atom stereocenters. The summed E-state index contributed by atoms with van der Waals surface area (Å²) in [5.74, 6) is -2.67. The van der Waals surface area contributed by atoms with Gasteiger partial charge >= 0.3 is 12.1 Å². The second-order valence-electron chi connectivity index (χ2n) is 3.91. The van der Waals surface area contributed by atoms with Crippen LogP contribution in [0.25, 0.3) is 0 Å². The van der Waals surface area contributed by atoms with E-state index in [1.54, 1.807) is 0 Å². The number of carbonyl (C=O) groups excluding carboxylic acids is 1. The number of alkyl carbamates (subject to hydrolysis) is 1. The van der Waals surface area contributed by atoms with Crippen LogP contribution in [0.1, 0.15) is 5.56 Å². The number of benzene rings is 1. The third-order valence-corrected chi connectivity index (χ3v) is 2.37. The van der Waals surface area contributed by atoms with Gasteiger partial charge in [-0.2, -0.15) is 0 Å². The maximum absolute atomic E-state index is 13.1. The van der Waals surface area contributed by atoms with Crippen molar-refractivity contribution < 1.29 is 28.9 Å². The molecular weight excluding hydrogens is 269 g/mol. The number of carboxylic acid groups (broad SMARTS) is 1. The number of phenolic OH excluding ortho intramolecular Hbond substituents is 1. The number of carbonyl (C=O) groups is 2. The van der Waals surface area contributed by atoms with Gasteiger partial charge in [-0.05, 0) is 17.7 Å². The molecule has 0 spiro atoms. The lowest BCUT2D eigenvalue weighted by molar-refractivity contribution is -0.139. The highest BCUT2D eigenvalue weighted by atomic mass is 19.1. The first-order chi connectivity index (χ1) is 9.43. The Balaban J connectivity index is 2.71. The summed E-state index contributed by atoms with van der Waals surface area (Å²) in [6, 6.07) is 2.21. The number of phenols is 1. The lowest BCUT2D eigenvalue weighted by Crippen LogP contribution is -2.42. The Hall–Kier alpha value is -2.57. The van der Waals surface area contributed by atoms with Gasteiger partial charge in [-0.15, -0.1) is 0 Å². The van der Waals surface area contributed by atoms with Crippen molar-refractivity contribution in [3.63, 3.8) is 0 Å². The molecule has 3 N–H and O–H groups in total. The van der Waals surface area contributed by atoms with Crippen LogP contribution in [0.2, 0.25) is 0 Å². The summed E-state index contributed by atoms with van der Waals surface area (Å²) in [6.45, 7) is 3.30. The highest BCUT2D eigenvalue weighted by Crippen LogP contribution is 2.17. The zero-order chi connectivity index (χ0) is 15.1. The Morgan fingerprint density at radius 3 is 2.75 bits per heavy atom. The van der Waals surface area contributed by atoms with Crippen molar-refractivity contribution >= 4 is 12.1 Å². The number of rotatable bonds is 6. The molecule has 1 amide bonds. The molecule has 0 aliphatic heterocycles. The van der Waals surface area contributed by atoms with E-state index in [0.717, 1.165) is 12.1 Å². The first-order valence-corrected chi connectivity index (χ1v) is 5.68. The van der Waals surface area contributed by atoms with Crippen molar-refractivity contribution in [1.82, 2.24) is 5.32 Å². The van der Waals surface area contributed by atoms with Gasteiger partial charge in [-0.1, -0.05) is 18.7 Å². The summed E-state index contributed by atoms with van der Waals surface area (Å²) in [5.41, 5.74) is 0.316. The average Bonchev–Trinajstić information content (AvgIpc) is 2.39. The fourth-order valence-corrected chi connectivity index (χ4v) is 1.43. The van der Waals surface area contributed by atoms with Gasteiger partial charge in [0.2, 0.25) is 0 Å². The molecule has 0 saturated heterocycles. The normalized spacial score (nSPS) is 11.4. The molecule has 0 aliphatic rings. The minimum Gasteiger partial charge on any atom is -0.505 e. The number of ether oxygens (including phenoxy) is 1. The third kappa shape index (κ3) is 4.60. The second-order valence-corrected chi connectivity index (χ2v) is 3.91. The lowest BCUT2D eigenvalue weighted by atomic mass is 10.1. The molecule has 7 heteroatoms. The van der Waals surface area contributed by atoms with E-state index in [4.69, 9.17) is 10.2 Å². The molecule has 0 heterocycles. The van der Waals surface area contributed by atoms with Crippen molar-refractivity contribution in [2.24, 2.45) is 0 Å². The molecule has 108 valence electrons. The van der Waals surface area contributed by atoms with E-state index in [-0.39, 0.29) is 13.0 Å². The molecule has 1 atom stereocenters. The summed E-state index contributed by atoms with van der Waals surface area (Å²) in [6.07, 6.45) is 0.289. The molecule has 6 nitrogen and oxygen atoms in total. The molecule has 0 radical (unpaired) electrons. The molecule has 20 heavy (non-hydrogen) atoms. The van der Waals surface area contributed by atoms with Crippen molar-refractivity contribution in [2.75, 3.05) is 6.61 Å². The Morgan fingerprint density at radius 1 is 1.50 bits per heavy atom. The third-order valence-electron chi connectivity index (χ3n) is 2.37. The Morgan fingerprint density at radius 2 is 2.20 bits per heavy atom. The van der Waals surface area contributed by atoms with Crippen LogP contribution in [0.4, 0.5) is 9.18 Å². The van der Waals surface area contributed by atoms with Crippen molar-refractivity contribution in [1.29, 1.82) is 0 Å². The van der Waals surface area contributed by atoms with Crippen LogP contribution in [0, 0.1) is 5.82 Å². The van der Waals surface area contributed by atoms with Crippen LogP contribution in [0.15, 0.2) is 30.9 Å². The van der Waals surface area contributed by atoms with Gasteiger partial charge in [0.25, 0.3) is 0 Å². The van der Waals surface area contributed by atoms with E-state index in [2.05, 4.69) is 16.6 Å². The molecule has 1 aromatic carbocycles. The highest BCUT2D eigenvalue weighted by Gasteiger charge is 2.21. The van der Waals surface area contributed by atoms with Gasteiger partial charge in [0, 0.05) is 6.42 Å². The largest absolute Gasteiger partial charge is 0.505 e.